The normalized spacial score (nSPS) is 9.55. The molecule has 0 saturated carbocycles. The number of hydrogen-bond acceptors (Lipinski definition) is 3. The van der Waals surface area contributed by atoms with E-state index in [2.05, 4.69) is 4.74 Å². The minimum atomic E-state index is -0.815. The van der Waals surface area contributed by atoms with Crippen LogP contribution >= 0.6 is 0 Å². The number of ether oxygens (including phenoxy) is 2. The molecule has 22 heavy (non-hydrogen) atoms. The van der Waals surface area contributed by atoms with Crippen LogP contribution in [0.25, 0.3) is 0 Å². The first-order chi connectivity index (χ1) is 10.5. The minimum absolute atomic E-state index is 0.119. The van der Waals surface area contributed by atoms with Crippen molar-refractivity contribution in [2.45, 2.75) is 20.8 Å². The first-order valence-electron chi connectivity index (χ1n) is 6.83. The van der Waals surface area contributed by atoms with E-state index < -0.39 is 17.6 Å². The molecular formula is C17H18F2O3. The Morgan fingerprint density at radius 3 is 2.32 bits per heavy atom. The molecule has 118 valence electrons. The first-order valence-corrected chi connectivity index (χ1v) is 6.83. The van der Waals surface area contributed by atoms with Gasteiger partial charge in [-0.1, -0.05) is 19.9 Å². The van der Waals surface area contributed by atoms with Gasteiger partial charge in [-0.05, 0) is 36.8 Å². The molecule has 5 heteroatoms. The summed E-state index contributed by atoms with van der Waals surface area (Å²) in [4.78, 5) is 11.5. The van der Waals surface area contributed by atoms with Gasteiger partial charge in [-0.2, -0.15) is 0 Å². The highest BCUT2D eigenvalue weighted by Gasteiger charge is 2.12. The van der Waals surface area contributed by atoms with Crippen molar-refractivity contribution in [2.75, 3.05) is 7.11 Å². The topological polar surface area (TPSA) is 35.5 Å². The summed E-state index contributed by atoms with van der Waals surface area (Å²) < 4.78 is 36.2. The van der Waals surface area contributed by atoms with Crippen molar-refractivity contribution in [3.05, 3.63) is 59.2 Å². The third-order valence-corrected chi connectivity index (χ3v) is 2.74. The molecule has 0 bridgehead atoms. The van der Waals surface area contributed by atoms with Crippen LogP contribution in [0, 0.1) is 18.6 Å². The summed E-state index contributed by atoms with van der Waals surface area (Å²) >= 11 is 0. The number of methoxy groups -OCH3 is 1. The van der Waals surface area contributed by atoms with Gasteiger partial charge in [0.25, 0.3) is 0 Å². The Bertz CT molecular complexity index is 654. The maximum Gasteiger partial charge on any atom is 0.338 e. The van der Waals surface area contributed by atoms with Gasteiger partial charge in [-0.15, -0.1) is 0 Å². The van der Waals surface area contributed by atoms with E-state index in [1.54, 1.807) is 19.1 Å². The number of halogens is 2. The zero-order valence-corrected chi connectivity index (χ0v) is 12.9. The molecule has 3 nitrogen and oxygen atoms in total. The van der Waals surface area contributed by atoms with Crippen LogP contribution in [0.2, 0.25) is 0 Å². The highest BCUT2D eigenvalue weighted by Crippen LogP contribution is 2.26. The Kier molecular flexibility index (Phi) is 6.50. The first kappa shape index (κ1) is 17.6. The summed E-state index contributed by atoms with van der Waals surface area (Å²) in [5, 5.41) is 0. The van der Waals surface area contributed by atoms with E-state index in [1.807, 2.05) is 13.8 Å². The molecule has 0 amide bonds. The molecule has 0 aromatic heterocycles. The number of carbonyl (C=O) groups is 1. The fourth-order valence-electron chi connectivity index (χ4n) is 1.68. The molecule has 2 aromatic rings. The number of benzene rings is 2. The SMILES string of the molecule is CC.COC(=O)c1cc(Oc2ccc(F)cc2F)ccc1C. The van der Waals surface area contributed by atoms with Gasteiger partial charge in [0, 0.05) is 6.07 Å². The Morgan fingerprint density at radius 2 is 1.73 bits per heavy atom. The van der Waals surface area contributed by atoms with Gasteiger partial charge in [0.15, 0.2) is 11.6 Å². The van der Waals surface area contributed by atoms with Crippen molar-refractivity contribution in [1.29, 1.82) is 0 Å². The fourth-order valence-corrected chi connectivity index (χ4v) is 1.68. The molecule has 0 N–H and O–H groups in total. The summed E-state index contributed by atoms with van der Waals surface area (Å²) in [6.45, 7) is 5.74. The number of aryl methyl sites for hydroxylation is 1. The summed E-state index contributed by atoms with van der Waals surface area (Å²) in [5.74, 6) is -1.86. The molecule has 2 aromatic carbocycles. The minimum Gasteiger partial charge on any atom is -0.465 e. The molecule has 0 spiro atoms. The number of esters is 1. The maximum atomic E-state index is 13.5. The molecule has 0 aliphatic heterocycles. The summed E-state index contributed by atoms with van der Waals surface area (Å²) in [7, 11) is 1.27. The average molecular weight is 308 g/mol. The van der Waals surface area contributed by atoms with Gasteiger partial charge in [-0.3, -0.25) is 0 Å². The molecule has 0 aliphatic rings. The maximum absolute atomic E-state index is 13.5. The van der Waals surface area contributed by atoms with Crippen LogP contribution < -0.4 is 4.74 Å². The molecule has 0 saturated heterocycles. The van der Waals surface area contributed by atoms with Gasteiger partial charge in [0.2, 0.25) is 0 Å². The third kappa shape index (κ3) is 4.28. The van der Waals surface area contributed by atoms with Gasteiger partial charge in [-0.25, -0.2) is 13.6 Å². The molecule has 0 unspecified atom stereocenters. The van der Waals surface area contributed by atoms with Crippen LogP contribution in [0.5, 0.6) is 11.5 Å². The van der Waals surface area contributed by atoms with Crippen molar-refractivity contribution in [1.82, 2.24) is 0 Å². The molecule has 2 rings (SSSR count). The van der Waals surface area contributed by atoms with E-state index in [0.717, 1.165) is 12.1 Å². The quantitative estimate of drug-likeness (QED) is 0.758. The van der Waals surface area contributed by atoms with E-state index in [0.29, 0.717) is 11.1 Å². The van der Waals surface area contributed by atoms with Gasteiger partial charge < -0.3 is 9.47 Å². The molecular weight excluding hydrogens is 290 g/mol. The lowest BCUT2D eigenvalue weighted by molar-refractivity contribution is 0.0599. The van der Waals surface area contributed by atoms with Crippen molar-refractivity contribution >= 4 is 5.97 Å². The summed E-state index contributed by atoms with van der Waals surface area (Å²) in [6.07, 6.45) is 0. The highest BCUT2D eigenvalue weighted by atomic mass is 19.1. The molecule has 0 aliphatic carbocycles. The van der Waals surface area contributed by atoms with E-state index in [4.69, 9.17) is 4.74 Å². The van der Waals surface area contributed by atoms with Crippen molar-refractivity contribution in [3.8, 4) is 11.5 Å². The molecule has 0 fully saturated rings. The van der Waals surface area contributed by atoms with Gasteiger partial charge >= 0.3 is 5.97 Å². The second-order valence-corrected chi connectivity index (χ2v) is 4.15. The lowest BCUT2D eigenvalue weighted by Gasteiger charge is -2.09. The van der Waals surface area contributed by atoms with Crippen LogP contribution in [-0.4, -0.2) is 13.1 Å². The Balaban J connectivity index is 0.00000116. The van der Waals surface area contributed by atoms with Crippen LogP contribution in [0.3, 0.4) is 0 Å². The third-order valence-electron chi connectivity index (χ3n) is 2.74. The number of rotatable bonds is 3. The van der Waals surface area contributed by atoms with Crippen molar-refractivity contribution in [3.63, 3.8) is 0 Å². The monoisotopic (exact) mass is 308 g/mol. The van der Waals surface area contributed by atoms with Crippen LogP contribution in [0.15, 0.2) is 36.4 Å². The largest absolute Gasteiger partial charge is 0.465 e. The Morgan fingerprint density at radius 1 is 1.05 bits per heavy atom. The van der Waals surface area contributed by atoms with E-state index in [-0.39, 0.29) is 11.5 Å². The predicted octanol–water partition coefficient (Wildman–Crippen LogP) is 4.88. The van der Waals surface area contributed by atoms with E-state index in [9.17, 15) is 13.6 Å². The second-order valence-electron chi connectivity index (χ2n) is 4.15. The van der Waals surface area contributed by atoms with Gasteiger partial charge in [0.1, 0.15) is 11.6 Å². The number of carbonyl (C=O) groups excluding carboxylic acids is 1. The fraction of sp³-hybridized carbons (Fsp3) is 0.235. The second kappa shape index (κ2) is 8.12. The van der Waals surface area contributed by atoms with E-state index >= 15 is 0 Å². The standard InChI is InChI=1S/C15H12F2O3.C2H6/c1-9-3-5-11(8-12(9)15(18)19-2)20-14-6-4-10(16)7-13(14)17;1-2/h3-8H,1-2H3;1-2H3. The van der Waals surface area contributed by atoms with Crippen LogP contribution in [0.1, 0.15) is 29.8 Å². The summed E-state index contributed by atoms with van der Waals surface area (Å²) in [5.41, 5.74) is 1.04. The average Bonchev–Trinajstić information content (AvgIpc) is 2.53. The number of hydrogen-bond donors (Lipinski definition) is 0. The van der Waals surface area contributed by atoms with Gasteiger partial charge in [0.05, 0.1) is 12.7 Å². The van der Waals surface area contributed by atoms with Crippen LogP contribution in [-0.2, 0) is 4.74 Å². The zero-order chi connectivity index (χ0) is 16.7. The molecule has 0 atom stereocenters. The predicted molar refractivity (Wildman–Crippen MR) is 80.3 cm³/mol. The Hall–Kier alpha value is -2.43. The molecule has 0 radical (unpaired) electrons. The van der Waals surface area contributed by atoms with Crippen LogP contribution in [0.4, 0.5) is 8.78 Å². The highest BCUT2D eigenvalue weighted by molar-refractivity contribution is 5.91. The van der Waals surface area contributed by atoms with Crippen molar-refractivity contribution < 1.29 is 23.0 Å². The Labute approximate surface area is 128 Å². The lowest BCUT2D eigenvalue weighted by Crippen LogP contribution is -2.04. The molecule has 0 heterocycles. The zero-order valence-electron chi connectivity index (χ0n) is 12.9. The van der Waals surface area contributed by atoms with Crippen molar-refractivity contribution in [2.24, 2.45) is 0 Å². The lowest BCUT2D eigenvalue weighted by atomic mass is 10.1. The summed E-state index contributed by atoms with van der Waals surface area (Å²) in [6, 6.07) is 7.69. The van der Waals surface area contributed by atoms with E-state index in [1.165, 1.54) is 19.2 Å². The smallest absolute Gasteiger partial charge is 0.338 e.